The summed E-state index contributed by atoms with van der Waals surface area (Å²) in [5.74, 6) is -1.62. The van der Waals surface area contributed by atoms with Gasteiger partial charge >= 0.3 is 0 Å². The minimum absolute atomic E-state index is 0.00981. The van der Waals surface area contributed by atoms with Crippen LogP contribution < -0.4 is 4.74 Å². The molecule has 1 aliphatic rings. The standard InChI is InChI=1S/C24H27FN2O4/c1-4-26(5-2)13-14-27-21(17-7-6-8-19(15-17)31-3)20(23(29)24(27)30)22(28)16-9-11-18(25)12-10-16/h6-12,15,21,28H,4-5,13-14H2,1-3H3/t21-/m0/s1. The van der Waals surface area contributed by atoms with Crippen molar-refractivity contribution in [1.82, 2.24) is 9.80 Å². The predicted octanol–water partition coefficient (Wildman–Crippen LogP) is 3.60. The van der Waals surface area contributed by atoms with Gasteiger partial charge in [-0.2, -0.15) is 0 Å². The van der Waals surface area contributed by atoms with Crippen LogP contribution in [0.1, 0.15) is 31.0 Å². The van der Waals surface area contributed by atoms with Gasteiger partial charge < -0.3 is 19.6 Å². The first-order valence-electron chi connectivity index (χ1n) is 10.3. The number of carbonyl (C=O) groups is 2. The van der Waals surface area contributed by atoms with Gasteiger partial charge in [0.2, 0.25) is 0 Å². The second-order valence-electron chi connectivity index (χ2n) is 7.30. The van der Waals surface area contributed by atoms with Gasteiger partial charge in [0, 0.05) is 18.7 Å². The Bertz CT molecular complexity index is 983. The Morgan fingerprint density at radius 3 is 2.42 bits per heavy atom. The minimum Gasteiger partial charge on any atom is -0.507 e. The highest BCUT2D eigenvalue weighted by atomic mass is 19.1. The fourth-order valence-corrected chi connectivity index (χ4v) is 3.82. The Labute approximate surface area is 181 Å². The van der Waals surface area contributed by atoms with Crippen LogP contribution in [0.15, 0.2) is 54.1 Å². The number of ether oxygens (including phenoxy) is 1. The molecule has 0 aliphatic carbocycles. The number of amides is 1. The number of aliphatic hydroxyl groups is 1. The van der Waals surface area contributed by atoms with Crippen LogP contribution in [-0.4, -0.2) is 59.9 Å². The van der Waals surface area contributed by atoms with Crippen LogP contribution in [-0.2, 0) is 9.59 Å². The number of rotatable bonds is 8. The molecule has 0 unspecified atom stereocenters. The summed E-state index contributed by atoms with van der Waals surface area (Å²) in [7, 11) is 1.54. The molecule has 0 radical (unpaired) electrons. The van der Waals surface area contributed by atoms with Crippen LogP contribution in [0.3, 0.4) is 0 Å². The third kappa shape index (κ3) is 4.61. The van der Waals surface area contributed by atoms with Gasteiger partial charge in [-0.25, -0.2) is 4.39 Å². The summed E-state index contributed by atoms with van der Waals surface area (Å²) in [4.78, 5) is 29.6. The van der Waals surface area contributed by atoms with E-state index in [4.69, 9.17) is 4.74 Å². The average molecular weight is 426 g/mol. The molecule has 1 amide bonds. The Balaban J connectivity index is 2.11. The van der Waals surface area contributed by atoms with Crippen LogP contribution in [0.5, 0.6) is 5.75 Å². The fraction of sp³-hybridized carbons (Fsp3) is 0.333. The van der Waals surface area contributed by atoms with Gasteiger partial charge in [-0.05, 0) is 55.1 Å². The van der Waals surface area contributed by atoms with Crippen molar-refractivity contribution in [2.75, 3.05) is 33.3 Å². The van der Waals surface area contributed by atoms with E-state index in [0.717, 1.165) is 13.1 Å². The number of Topliss-reactive ketones (excluding diaryl/α,β-unsaturated/α-hetero) is 1. The smallest absolute Gasteiger partial charge is 0.295 e. The van der Waals surface area contributed by atoms with Crippen LogP contribution in [0.4, 0.5) is 4.39 Å². The normalized spacial score (nSPS) is 18.1. The minimum atomic E-state index is -0.768. The van der Waals surface area contributed by atoms with E-state index in [1.165, 1.54) is 36.3 Å². The topological polar surface area (TPSA) is 70.1 Å². The highest BCUT2D eigenvalue weighted by molar-refractivity contribution is 6.46. The fourth-order valence-electron chi connectivity index (χ4n) is 3.82. The van der Waals surface area contributed by atoms with Crippen LogP contribution in [0.25, 0.3) is 5.76 Å². The van der Waals surface area contributed by atoms with Crippen LogP contribution in [0.2, 0.25) is 0 Å². The predicted molar refractivity (Wildman–Crippen MR) is 116 cm³/mol. The Hall–Kier alpha value is -3.19. The molecule has 1 heterocycles. The van der Waals surface area contributed by atoms with E-state index in [1.54, 1.807) is 24.3 Å². The van der Waals surface area contributed by atoms with Gasteiger partial charge in [-0.15, -0.1) is 0 Å². The summed E-state index contributed by atoms with van der Waals surface area (Å²) in [5, 5.41) is 11.0. The van der Waals surface area contributed by atoms with Crippen LogP contribution in [0, 0.1) is 5.82 Å². The van der Waals surface area contributed by atoms with Gasteiger partial charge in [0.1, 0.15) is 17.3 Å². The zero-order chi connectivity index (χ0) is 22.5. The number of carbonyl (C=O) groups excluding carboxylic acids is 2. The first-order chi connectivity index (χ1) is 14.9. The molecule has 164 valence electrons. The Morgan fingerprint density at radius 2 is 1.81 bits per heavy atom. The first-order valence-corrected chi connectivity index (χ1v) is 10.3. The van der Waals surface area contributed by atoms with E-state index in [-0.39, 0.29) is 16.9 Å². The molecule has 1 aliphatic heterocycles. The highest BCUT2D eigenvalue weighted by Crippen LogP contribution is 2.40. The summed E-state index contributed by atoms with van der Waals surface area (Å²) < 4.78 is 18.7. The third-order valence-electron chi connectivity index (χ3n) is 5.62. The summed E-state index contributed by atoms with van der Waals surface area (Å²) in [6, 6.07) is 11.5. The number of likely N-dealkylation sites (N-methyl/N-ethyl adjacent to an activating group) is 1. The first kappa shape index (κ1) is 22.5. The van der Waals surface area contributed by atoms with Crippen molar-refractivity contribution in [3.8, 4) is 5.75 Å². The molecule has 3 rings (SSSR count). The summed E-state index contributed by atoms with van der Waals surface area (Å²) in [6.07, 6.45) is 0. The second-order valence-corrected chi connectivity index (χ2v) is 7.30. The zero-order valence-electron chi connectivity index (χ0n) is 18.0. The molecule has 2 aromatic rings. The molecule has 2 aromatic carbocycles. The van der Waals surface area contributed by atoms with Gasteiger partial charge in [0.05, 0.1) is 18.7 Å². The zero-order valence-corrected chi connectivity index (χ0v) is 18.0. The maximum atomic E-state index is 13.4. The monoisotopic (exact) mass is 426 g/mol. The molecule has 0 spiro atoms. The lowest BCUT2D eigenvalue weighted by Gasteiger charge is -2.28. The molecule has 1 atom stereocenters. The van der Waals surface area contributed by atoms with Gasteiger partial charge in [-0.1, -0.05) is 26.0 Å². The van der Waals surface area contributed by atoms with Crippen molar-refractivity contribution in [2.24, 2.45) is 0 Å². The molecular weight excluding hydrogens is 399 g/mol. The second kappa shape index (κ2) is 9.75. The number of hydrogen-bond donors (Lipinski definition) is 1. The van der Waals surface area contributed by atoms with E-state index >= 15 is 0 Å². The van der Waals surface area contributed by atoms with E-state index in [0.29, 0.717) is 24.4 Å². The van der Waals surface area contributed by atoms with Gasteiger partial charge in [0.25, 0.3) is 11.7 Å². The number of likely N-dealkylation sites (tertiary alicyclic amines) is 1. The van der Waals surface area contributed by atoms with E-state index in [1.807, 2.05) is 13.8 Å². The Kier molecular flexibility index (Phi) is 7.07. The Morgan fingerprint density at radius 1 is 1.13 bits per heavy atom. The van der Waals surface area contributed by atoms with Crippen LogP contribution >= 0.6 is 0 Å². The number of benzene rings is 2. The quantitative estimate of drug-likeness (QED) is 0.397. The van der Waals surface area contributed by atoms with Crippen molar-refractivity contribution >= 4 is 17.4 Å². The molecule has 1 saturated heterocycles. The summed E-state index contributed by atoms with van der Waals surface area (Å²) in [6.45, 7) is 6.63. The highest BCUT2D eigenvalue weighted by Gasteiger charge is 2.46. The molecule has 0 aromatic heterocycles. The number of aliphatic hydroxyl groups excluding tert-OH is 1. The molecule has 1 fully saturated rings. The largest absolute Gasteiger partial charge is 0.507 e. The maximum absolute atomic E-state index is 13.4. The number of nitrogens with zero attached hydrogens (tertiary/aromatic N) is 2. The summed E-state index contributed by atoms with van der Waals surface area (Å²) in [5.41, 5.74) is 0.919. The van der Waals surface area contributed by atoms with Crippen molar-refractivity contribution in [1.29, 1.82) is 0 Å². The average Bonchev–Trinajstić information content (AvgIpc) is 3.04. The lowest BCUT2D eigenvalue weighted by Crippen LogP contribution is -2.38. The summed E-state index contributed by atoms with van der Waals surface area (Å²) >= 11 is 0. The number of methoxy groups -OCH3 is 1. The molecule has 0 bridgehead atoms. The number of ketones is 1. The SMILES string of the molecule is CCN(CC)CCN1C(=O)C(=O)C(=C(O)c2ccc(F)cc2)[C@@H]1c1cccc(OC)c1. The molecule has 31 heavy (non-hydrogen) atoms. The third-order valence-corrected chi connectivity index (χ3v) is 5.62. The molecule has 7 heteroatoms. The molecule has 1 N–H and O–H groups in total. The lowest BCUT2D eigenvalue weighted by atomic mass is 9.95. The number of hydrogen-bond acceptors (Lipinski definition) is 5. The van der Waals surface area contributed by atoms with E-state index < -0.39 is 23.5 Å². The van der Waals surface area contributed by atoms with Gasteiger partial charge in [0.15, 0.2) is 0 Å². The number of halogens is 1. The molecule has 0 saturated carbocycles. The van der Waals surface area contributed by atoms with Crippen molar-refractivity contribution in [2.45, 2.75) is 19.9 Å². The molecular formula is C24H27FN2O4. The van der Waals surface area contributed by atoms with Crippen molar-refractivity contribution < 1.29 is 23.8 Å². The van der Waals surface area contributed by atoms with E-state index in [2.05, 4.69) is 4.90 Å². The van der Waals surface area contributed by atoms with Gasteiger partial charge in [-0.3, -0.25) is 9.59 Å². The van der Waals surface area contributed by atoms with E-state index in [9.17, 15) is 19.1 Å². The lowest BCUT2D eigenvalue weighted by molar-refractivity contribution is -0.140. The molecule has 6 nitrogen and oxygen atoms in total. The van der Waals surface area contributed by atoms with Crippen molar-refractivity contribution in [3.05, 3.63) is 71.0 Å². The maximum Gasteiger partial charge on any atom is 0.295 e. The van der Waals surface area contributed by atoms with Crippen molar-refractivity contribution in [3.63, 3.8) is 0 Å².